The lowest BCUT2D eigenvalue weighted by Crippen LogP contribution is -2.21. The molecule has 90 valence electrons. The number of hydrogen-bond donors (Lipinski definition) is 0. The molecule has 0 radical (unpaired) electrons. The first kappa shape index (κ1) is 14.5. The Labute approximate surface area is 94.4 Å². The Kier molecular flexibility index (Phi) is 8.44. The van der Waals surface area contributed by atoms with Crippen LogP contribution in [0.2, 0.25) is 0 Å². The van der Waals surface area contributed by atoms with Crippen molar-refractivity contribution in [1.82, 2.24) is 0 Å². The average molecular weight is 214 g/mol. The van der Waals surface area contributed by atoms with Crippen LogP contribution in [0.15, 0.2) is 0 Å². The number of esters is 1. The highest BCUT2D eigenvalue weighted by Crippen LogP contribution is 2.18. The maximum atomic E-state index is 11.7. The van der Waals surface area contributed by atoms with Crippen molar-refractivity contribution in [3.63, 3.8) is 0 Å². The first-order valence-electron chi connectivity index (χ1n) is 6.32. The standard InChI is InChI=1S/C13H26O2/c1-5-7-9-12(10-8-6-2)13(14)15-11(3)4/h11-12H,5-10H2,1-4H3. The second-order valence-electron chi connectivity index (χ2n) is 4.47. The molecule has 0 spiro atoms. The highest BCUT2D eigenvalue weighted by atomic mass is 16.5. The van der Waals surface area contributed by atoms with Gasteiger partial charge in [0, 0.05) is 0 Å². The molecule has 0 bridgehead atoms. The van der Waals surface area contributed by atoms with Gasteiger partial charge in [0.1, 0.15) is 0 Å². The van der Waals surface area contributed by atoms with Gasteiger partial charge in [-0.15, -0.1) is 0 Å². The maximum absolute atomic E-state index is 11.7. The third-order valence-corrected chi connectivity index (χ3v) is 2.50. The van der Waals surface area contributed by atoms with Crippen LogP contribution in [0, 0.1) is 5.92 Å². The second kappa shape index (κ2) is 8.75. The van der Waals surface area contributed by atoms with Crippen LogP contribution < -0.4 is 0 Å². The molecule has 0 saturated carbocycles. The molecule has 0 aromatic heterocycles. The summed E-state index contributed by atoms with van der Waals surface area (Å²) in [4.78, 5) is 11.7. The summed E-state index contributed by atoms with van der Waals surface area (Å²) in [6.45, 7) is 8.14. The van der Waals surface area contributed by atoms with Gasteiger partial charge in [0.25, 0.3) is 0 Å². The number of carbonyl (C=O) groups is 1. The van der Waals surface area contributed by atoms with Crippen LogP contribution in [0.4, 0.5) is 0 Å². The van der Waals surface area contributed by atoms with Crippen LogP contribution in [0.25, 0.3) is 0 Å². The van der Waals surface area contributed by atoms with E-state index in [2.05, 4.69) is 13.8 Å². The van der Waals surface area contributed by atoms with Crippen LogP contribution >= 0.6 is 0 Å². The second-order valence-corrected chi connectivity index (χ2v) is 4.47. The van der Waals surface area contributed by atoms with Gasteiger partial charge in [-0.25, -0.2) is 0 Å². The molecular weight excluding hydrogens is 188 g/mol. The molecule has 0 amide bonds. The van der Waals surface area contributed by atoms with E-state index in [0.717, 1.165) is 38.5 Å². The maximum Gasteiger partial charge on any atom is 0.309 e. The van der Waals surface area contributed by atoms with E-state index < -0.39 is 0 Å². The van der Waals surface area contributed by atoms with E-state index >= 15 is 0 Å². The first-order chi connectivity index (χ1) is 7.11. The van der Waals surface area contributed by atoms with Gasteiger partial charge in [-0.3, -0.25) is 4.79 Å². The van der Waals surface area contributed by atoms with E-state index in [0.29, 0.717) is 0 Å². The molecule has 0 aromatic rings. The smallest absolute Gasteiger partial charge is 0.309 e. The molecule has 0 rings (SSSR count). The van der Waals surface area contributed by atoms with Crippen LogP contribution in [0.5, 0.6) is 0 Å². The molecule has 0 saturated heterocycles. The third kappa shape index (κ3) is 7.40. The first-order valence-corrected chi connectivity index (χ1v) is 6.32. The summed E-state index contributed by atoms with van der Waals surface area (Å²) in [7, 11) is 0. The summed E-state index contributed by atoms with van der Waals surface area (Å²) in [6.07, 6.45) is 6.55. The minimum Gasteiger partial charge on any atom is -0.463 e. The van der Waals surface area contributed by atoms with E-state index in [4.69, 9.17) is 4.74 Å². The van der Waals surface area contributed by atoms with E-state index in [-0.39, 0.29) is 18.0 Å². The number of unbranched alkanes of at least 4 members (excludes halogenated alkanes) is 2. The zero-order chi connectivity index (χ0) is 11.7. The van der Waals surface area contributed by atoms with Crippen molar-refractivity contribution >= 4 is 5.97 Å². The van der Waals surface area contributed by atoms with Crippen LogP contribution in [0.3, 0.4) is 0 Å². The van der Waals surface area contributed by atoms with E-state index in [1.165, 1.54) is 0 Å². The lowest BCUT2D eigenvalue weighted by Gasteiger charge is -2.17. The number of carbonyl (C=O) groups excluding carboxylic acids is 1. The van der Waals surface area contributed by atoms with Crippen molar-refractivity contribution in [3.05, 3.63) is 0 Å². The molecule has 0 aliphatic rings. The fourth-order valence-corrected chi connectivity index (χ4v) is 1.61. The van der Waals surface area contributed by atoms with Crippen molar-refractivity contribution in [2.24, 2.45) is 5.92 Å². The summed E-state index contributed by atoms with van der Waals surface area (Å²) in [5.74, 6) is 0.138. The molecule has 2 heteroatoms. The fraction of sp³-hybridized carbons (Fsp3) is 0.923. The van der Waals surface area contributed by atoms with Gasteiger partial charge < -0.3 is 4.74 Å². The van der Waals surface area contributed by atoms with Crippen molar-refractivity contribution in [2.75, 3.05) is 0 Å². The van der Waals surface area contributed by atoms with Crippen LogP contribution in [-0.2, 0) is 9.53 Å². The van der Waals surface area contributed by atoms with Crippen molar-refractivity contribution < 1.29 is 9.53 Å². The molecule has 0 aliphatic heterocycles. The zero-order valence-corrected chi connectivity index (χ0v) is 10.7. The summed E-state index contributed by atoms with van der Waals surface area (Å²) in [5, 5.41) is 0. The molecular formula is C13H26O2. The van der Waals surface area contributed by atoms with Crippen molar-refractivity contribution in [1.29, 1.82) is 0 Å². The molecule has 15 heavy (non-hydrogen) atoms. The quantitative estimate of drug-likeness (QED) is 0.572. The number of hydrogen-bond acceptors (Lipinski definition) is 2. The Morgan fingerprint density at radius 1 is 1.07 bits per heavy atom. The Hall–Kier alpha value is -0.530. The molecule has 0 aromatic carbocycles. The van der Waals surface area contributed by atoms with E-state index in [1.807, 2.05) is 13.8 Å². The minimum absolute atomic E-state index is 0.00639. The minimum atomic E-state index is 0.00639. The third-order valence-electron chi connectivity index (χ3n) is 2.50. The Morgan fingerprint density at radius 3 is 1.87 bits per heavy atom. The van der Waals surface area contributed by atoms with Crippen molar-refractivity contribution in [2.45, 2.75) is 72.3 Å². The van der Waals surface area contributed by atoms with Crippen LogP contribution in [-0.4, -0.2) is 12.1 Å². The highest BCUT2D eigenvalue weighted by molar-refractivity contribution is 5.72. The molecule has 0 unspecified atom stereocenters. The summed E-state index contributed by atoms with van der Waals surface area (Å²) >= 11 is 0. The Morgan fingerprint density at radius 2 is 1.53 bits per heavy atom. The van der Waals surface area contributed by atoms with Gasteiger partial charge in [-0.2, -0.15) is 0 Å². The summed E-state index contributed by atoms with van der Waals surface area (Å²) in [6, 6.07) is 0. The highest BCUT2D eigenvalue weighted by Gasteiger charge is 2.19. The Bertz CT molecular complexity index is 156. The predicted octanol–water partition coefficient (Wildman–Crippen LogP) is 3.93. The molecule has 2 nitrogen and oxygen atoms in total. The monoisotopic (exact) mass is 214 g/mol. The predicted molar refractivity (Wildman–Crippen MR) is 63.8 cm³/mol. The molecule has 0 N–H and O–H groups in total. The number of ether oxygens (including phenoxy) is 1. The topological polar surface area (TPSA) is 26.3 Å². The summed E-state index contributed by atoms with van der Waals surface area (Å²) in [5.41, 5.74) is 0. The molecule has 0 heterocycles. The van der Waals surface area contributed by atoms with Gasteiger partial charge in [-0.05, 0) is 26.7 Å². The SMILES string of the molecule is CCCCC(CCCC)C(=O)OC(C)C. The van der Waals surface area contributed by atoms with Crippen LogP contribution in [0.1, 0.15) is 66.2 Å². The fourth-order valence-electron chi connectivity index (χ4n) is 1.61. The Balaban J connectivity index is 4.01. The summed E-state index contributed by atoms with van der Waals surface area (Å²) < 4.78 is 5.27. The normalized spacial score (nSPS) is 11.1. The van der Waals surface area contributed by atoms with Gasteiger partial charge in [0.15, 0.2) is 0 Å². The lowest BCUT2D eigenvalue weighted by atomic mass is 9.96. The molecule has 0 aliphatic carbocycles. The molecule has 0 atom stereocenters. The number of rotatable bonds is 8. The average Bonchev–Trinajstić information content (AvgIpc) is 2.17. The van der Waals surface area contributed by atoms with Crippen molar-refractivity contribution in [3.8, 4) is 0 Å². The van der Waals surface area contributed by atoms with E-state index in [1.54, 1.807) is 0 Å². The van der Waals surface area contributed by atoms with E-state index in [9.17, 15) is 4.79 Å². The zero-order valence-electron chi connectivity index (χ0n) is 10.7. The molecule has 0 fully saturated rings. The van der Waals surface area contributed by atoms with Gasteiger partial charge in [0.2, 0.25) is 0 Å². The largest absolute Gasteiger partial charge is 0.463 e. The van der Waals surface area contributed by atoms with Gasteiger partial charge in [-0.1, -0.05) is 39.5 Å². The van der Waals surface area contributed by atoms with Gasteiger partial charge in [0.05, 0.1) is 12.0 Å². The van der Waals surface area contributed by atoms with Gasteiger partial charge >= 0.3 is 5.97 Å². The lowest BCUT2D eigenvalue weighted by molar-refractivity contribution is -0.153.